The van der Waals surface area contributed by atoms with Crippen LogP contribution in [0.3, 0.4) is 0 Å². The number of rotatable bonds is 8. The molecule has 14 heteroatoms. The second kappa shape index (κ2) is 13.5. The minimum Gasteiger partial charge on any atom is -0.486 e. The zero-order valence-corrected chi connectivity index (χ0v) is 24.2. The second-order valence-corrected chi connectivity index (χ2v) is 11.0. The number of anilines is 3. The van der Waals surface area contributed by atoms with E-state index in [9.17, 15) is 14.4 Å². The van der Waals surface area contributed by atoms with Crippen LogP contribution in [0.5, 0.6) is 5.75 Å². The van der Waals surface area contributed by atoms with Gasteiger partial charge in [-0.15, -0.1) is 0 Å². The molecule has 0 spiro atoms. The van der Waals surface area contributed by atoms with Crippen molar-refractivity contribution in [1.82, 2.24) is 29.7 Å². The summed E-state index contributed by atoms with van der Waals surface area (Å²) in [7, 11) is 0. The van der Waals surface area contributed by atoms with E-state index in [0.29, 0.717) is 23.4 Å². The van der Waals surface area contributed by atoms with Gasteiger partial charge in [0.1, 0.15) is 36.7 Å². The molecule has 2 N–H and O–H groups in total. The number of pyridine rings is 1. The van der Waals surface area contributed by atoms with E-state index in [0.717, 1.165) is 57.3 Å². The number of nitrogens with one attached hydrogen (secondary N) is 1. The molecule has 5 heterocycles. The highest BCUT2D eigenvalue weighted by Crippen LogP contribution is 2.29. The van der Waals surface area contributed by atoms with Gasteiger partial charge in [-0.3, -0.25) is 9.69 Å². The first-order valence-corrected chi connectivity index (χ1v) is 14.7. The van der Waals surface area contributed by atoms with Crippen LogP contribution >= 0.6 is 0 Å². The fraction of sp³-hybridized carbons (Fsp3) is 0.467. The number of alkyl halides is 1. The molecule has 13 nitrogen and oxygen atoms in total. The van der Waals surface area contributed by atoms with E-state index < -0.39 is 24.8 Å². The Labute approximate surface area is 254 Å². The van der Waals surface area contributed by atoms with Crippen molar-refractivity contribution in [3.8, 4) is 23.2 Å². The van der Waals surface area contributed by atoms with Gasteiger partial charge in [-0.05, 0) is 36.8 Å². The Morgan fingerprint density at radius 1 is 1.14 bits per heavy atom. The van der Waals surface area contributed by atoms with Crippen molar-refractivity contribution in [3.63, 3.8) is 0 Å². The normalized spacial score (nSPS) is 21.2. The summed E-state index contributed by atoms with van der Waals surface area (Å²) in [5.41, 5.74) is 1.50. The van der Waals surface area contributed by atoms with Crippen molar-refractivity contribution in [1.29, 1.82) is 5.26 Å². The Morgan fingerprint density at radius 3 is 2.75 bits per heavy atom. The summed E-state index contributed by atoms with van der Waals surface area (Å²) in [6.07, 6.45) is 2.19. The van der Waals surface area contributed by atoms with Crippen molar-refractivity contribution in [2.24, 2.45) is 0 Å². The Balaban J connectivity index is 1.08. The van der Waals surface area contributed by atoms with Crippen LogP contribution in [-0.2, 0) is 9.53 Å². The molecule has 0 bridgehead atoms. The molecule has 0 radical (unpaired) electrons. The first-order chi connectivity index (χ1) is 21.5. The number of nitriles is 1. The summed E-state index contributed by atoms with van der Waals surface area (Å²) in [6.45, 7) is 5.02. The quantitative estimate of drug-likeness (QED) is 0.386. The topological polar surface area (TPSA) is 153 Å². The summed E-state index contributed by atoms with van der Waals surface area (Å²) >= 11 is 0. The van der Waals surface area contributed by atoms with Crippen molar-refractivity contribution in [2.75, 3.05) is 69.3 Å². The number of nitrogens with zero attached hydrogens (tertiary/aromatic N) is 8. The van der Waals surface area contributed by atoms with Gasteiger partial charge in [0.25, 0.3) is 0 Å². The van der Waals surface area contributed by atoms with Gasteiger partial charge in [-0.1, -0.05) is 0 Å². The van der Waals surface area contributed by atoms with E-state index in [4.69, 9.17) is 14.6 Å². The molecular weight excluding hydrogens is 569 g/mol. The standard InChI is InChI=1S/C30H34FN9O4/c31-24-15-40(28(42)16-41)9-6-26(24)44-25-4-2-20(12-21(25)13-32)29-34-19-35-30(37-29)36-22-3-5-27(33-14-22)39-8-1-7-38(10-11-39)23-17-43-18-23/h2-5,12,14,19,23-24,26,41H,1,6-11,15-18H2,(H,34,35,36,37)/t24-,26+/m1/s1. The number of likely N-dealkylation sites (tertiary alicyclic amines) is 1. The predicted octanol–water partition coefficient (Wildman–Crippen LogP) is 1.77. The number of benzene rings is 1. The van der Waals surface area contributed by atoms with E-state index >= 15 is 0 Å². The zero-order chi connectivity index (χ0) is 30.5. The lowest BCUT2D eigenvalue weighted by molar-refractivity contribution is -0.138. The molecule has 44 heavy (non-hydrogen) atoms. The zero-order valence-electron chi connectivity index (χ0n) is 24.2. The number of halogens is 1. The molecule has 3 fully saturated rings. The van der Waals surface area contributed by atoms with Crippen LogP contribution in [0.25, 0.3) is 11.4 Å². The molecule has 0 saturated carbocycles. The molecule has 6 rings (SSSR count). The minimum atomic E-state index is -1.45. The second-order valence-electron chi connectivity index (χ2n) is 11.0. The van der Waals surface area contributed by atoms with Crippen LogP contribution < -0.4 is 15.0 Å². The van der Waals surface area contributed by atoms with Gasteiger partial charge in [-0.2, -0.15) is 10.2 Å². The maximum absolute atomic E-state index is 14.7. The number of piperidine rings is 1. The van der Waals surface area contributed by atoms with Gasteiger partial charge in [-0.25, -0.2) is 19.3 Å². The molecule has 2 aromatic heterocycles. The Morgan fingerprint density at radius 2 is 2.02 bits per heavy atom. The lowest BCUT2D eigenvalue weighted by Gasteiger charge is -2.36. The van der Waals surface area contributed by atoms with Crippen LogP contribution in [0.4, 0.5) is 21.8 Å². The van der Waals surface area contributed by atoms with Crippen LogP contribution in [0, 0.1) is 11.3 Å². The highest BCUT2D eigenvalue weighted by Gasteiger charge is 2.33. The molecule has 2 atom stereocenters. The van der Waals surface area contributed by atoms with Gasteiger partial charge in [0.15, 0.2) is 12.0 Å². The molecule has 3 saturated heterocycles. The summed E-state index contributed by atoms with van der Waals surface area (Å²) < 4.78 is 25.9. The molecule has 0 unspecified atom stereocenters. The number of hydrogen-bond acceptors (Lipinski definition) is 12. The molecule has 0 aliphatic carbocycles. The lowest BCUT2D eigenvalue weighted by atomic mass is 10.0. The van der Waals surface area contributed by atoms with E-state index in [1.54, 1.807) is 24.4 Å². The fourth-order valence-electron chi connectivity index (χ4n) is 5.60. The highest BCUT2D eigenvalue weighted by atomic mass is 19.1. The summed E-state index contributed by atoms with van der Waals surface area (Å²) in [5, 5.41) is 22.0. The number of ether oxygens (including phenoxy) is 2. The van der Waals surface area contributed by atoms with Crippen molar-refractivity contribution in [2.45, 2.75) is 31.2 Å². The Kier molecular flexibility index (Phi) is 9.06. The lowest BCUT2D eigenvalue weighted by Crippen LogP contribution is -2.50. The van der Waals surface area contributed by atoms with Crippen LogP contribution in [0.15, 0.2) is 42.9 Å². The molecule has 3 aromatic rings. The van der Waals surface area contributed by atoms with E-state index in [-0.39, 0.29) is 30.8 Å². The molecule has 1 aromatic carbocycles. The van der Waals surface area contributed by atoms with Gasteiger partial charge in [0, 0.05) is 44.7 Å². The van der Waals surface area contributed by atoms with Gasteiger partial charge >= 0.3 is 0 Å². The summed E-state index contributed by atoms with van der Waals surface area (Å²) in [6, 6.07) is 11.4. The smallest absolute Gasteiger partial charge is 0.248 e. The Bertz CT molecular complexity index is 1500. The van der Waals surface area contributed by atoms with Crippen LogP contribution in [-0.4, -0.2) is 118 Å². The third-order valence-corrected chi connectivity index (χ3v) is 8.17. The van der Waals surface area contributed by atoms with Crippen LogP contribution in [0.2, 0.25) is 0 Å². The summed E-state index contributed by atoms with van der Waals surface area (Å²) in [5.74, 6) is 1.31. The number of aromatic nitrogens is 4. The first-order valence-electron chi connectivity index (χ1n) is 14.7. The number of carbonyl (C=O) groups excluding carboxylic acids is 1. The van der Waals surface area contributed by atoms with Gasteiger partial charge < -0.3 is 29.7 Å². The molecule has 3 aliphatic rings. The minimum absolute atomic E-state index is 0.170. The maximum Gasteiger partial charge on any atom is 0.248 e. The third kappa shape index (κ3) is 6.70. The number of aliphatic hydroxyl groups excluding tert-OH is 1. The van der Waals surface area contributed by atoms with E-state index in [1.807, 2.05) is 12.1 Å². The monoisotopic (exact) mass is 603 g/mol. The SMILES string of the molecule is N#Cc1cc(-c2ncnc(Nc3ccc(N4CCCN(C5COC5)CC4)nc3)n2)ccc1O[C@H]1CCN(C(=O)CO)C[C@H]1F. The largest absolute Gasteiger partial charge is 0.486 e. The van der Waals surface area contributed by atoms with E-state index in [1.165, 1.54) is 11.2 Å². The van der Waals surface area contributed by atoms with Crippen LogP contribution in [0.1, 0.15) is 18.4 Å². The van der Waals surface area contributed by atoms with Crippen molar-refractivity contribution < 1.29 is 23.8 Å². The molecular formula is C30H34FN9O4. The van der Waals surface area contributed by atoms with E-state index in [2.05, 4.69) is 41.1 Å². The number of hydrogen-bond donors (Lipinski definition) is 2. The molecule has 1 amide bonds. The Hall–Kier alpha value is -4.45. The number of aliphatic hydroxyl groups is 1. The van der Waals surface area contributed by atoms with Gasteiger partial charge in [0.05, 0.1) is 43.2 Å². The summed E-state index contributed by atoms with van der Waals surface area (Å²) in [4.78, 5) is 35.4. The predicted molar refractivity (Wildman–Crippen MR) is 158 cm³/mol. The average molecular weight is 604 g/mol. The highest BCUT2D eigenvalue weighted by molar-refractivity contribution is 5.77. The molecule has 230 valence electrons. The van der Waals surface area contributed by atoms with Gasteiger partial charge in [0.2, 0.25) is 11.9 Å². The average Bonchev–Trinajstić information content (AvgIpc) is 3.27. The van der Waals surface area contributed by atoms with Crippen molar-refractivity contribution in [3.05, 3.63) is 48.4 Å². The van der Waals surface area contributed by atoms with Crippen molar-refractivity contribution >= 4 is 23.4 Å². The molecule has 3 aliphatic heterocycles. The number of carbonyl (C=O) groups is 1. The maximum atomic E-state index is 14.7. The first kappa shape index (κ1) is 29.6. The number of amides is 1. The fourth-order valence-corrected chi connectivity index (χ4v) is 5.60. The third-order valence-electron chi connectivity index (χ3n) is 8.17.